The Kier molecular flexibility index (Phi) is 5.63. The minimum atomic E-state index is -3.40. The molecular formula is C17H28N2O5S. The van der Waals surface area contributed by atoms with Crippen LogP contribution in [-0.2, 0) is 20.0 Å². The summed E-state index contributed by atoms with van der Waals surface area (Å²) in [7, 11) is -3.40. The number of rotatable bonds is 5. The highest BCUT2D eigenvalue weighted by Crippen LogP contribution is 2.27. The monoisotopic (exact) mass is 372 g/mol. The molecule has 0 atom stereocenters. The Bertz CT molecular complexity index is 710. The second-order valence-electron chi connectivity index (χ2n) is 8.13. The van der Waals surface area contributed by atoms with E-state index in [9.17, 15) is 13.2 Å². The molecule has 0 radical (unpaired) electrons. The van der Waals surface area contributed by atoms with E-state index in [1.54, 1.807) is 19.9 Å². The van der Waals surface area contributed by atoms with Crippen LogP contribution in [0.1, 0.15) is 63.7 Å². The van der Waals surface area contributed by atoms with Crippen LogP contribution in [0.3, 0.4) is 0 Å². The van der Waals surface area contributed by atoms with Crippen molar-refractivity contribution in [2.75, 3.05) is 19.8 Å². The van der Waals surface area contributed by atoms with Crippen molar-refractivity contribution in [1.82, 2.24) is 10.5 Å². The van der Waals surface area contributed by atoms with Gasteiger partial charge in [-0.2, -0.15) is 0 Å². The van der Waals surface area contributed by atoms with Gasteiger partial charge in [0.1, 0.15) is 0 Å². The molecule has 0 aromatic carbocycles. The minimum Gasteiger partial charge on any atom is -0.381 e. The van der Waals surface area contributed by atoms with Crippen molar-refractivity contribution in [2.45, 2.75) is 62.9 Å². The number of amides is 1. The van der Waals surface area contributed by atoms with E-state index >= 15 is 0 Å². The summed E-state index contributed by atoms with van der Waals surface area (Å²) in [6, 6.07) is 1.59. The Balaban J connectivity index is 2.03. The fraction of sp³-hybridized carbons (Fsp3) is 0.765. The van der Waals surface area contributed by atoms with Crippen LogP contribution in [0, 0.1) is 0 Å². The van der Waals surface area contributed by atoms with Gasteiger partial charge in [0, 0.05) is 31.2 Å². The lowest BCUT2D eigenvalue weighted by Gasteiger charge is -2.32. The average molecular weight is 372 g/mol. The van der Waals surface area contributed by atoms with Crippen LogP contribution < -0.4 is 5.32 Å². The highest BCUT2D eigenvalue weighted by atomic mass is 32.2. The van der Waals surface area contributed by atoms with E-state index < -0.39 is 25.7 Å². The molecule has 1 saturated heterocycles. The molecule has 1 N–H and O–H groups in total. The largest absolute Gasteiger partial charge is 0.381 e. The number of aromatic nitrogens is 1. The van der Waals surface area contributed by atoms with E-state index in [-0.39, 0.29) is 17.7 Å². The number of sulfone groups is 1. The van der Waals surface area contributed by atoms with Gasteiger partial charge in [-0.1, -0.05) is 25.9 Å². The van der Waals surface area contributed by atoms with Crippen LogP contribution in [0.4, 0.5) is 0 Å². The zero-order valence-electron chi connectivity index (χ0n) is 15.6. The zero-order chi connectivity index (χ0) is 18.9. The number of nitrogens with one attached hydrogen (secondary N) is 1. The van der Waals surface area contributed by atoms with Crippen LogP contribution in [0.25, 0.3) is 0 Å². The summed E-state index contributed by atoms with van der Waals surface area (Å²) in [4.78, 5) is 12.3. The molecule has 1 aliphatic heterocycles. The van der Waals surface area contributed by atoms with Crippen LogP contribution in [0.2, 0.25) is 0 Å². The highest BCUT2D eigenvalue weighted by Gasteiger charge is 2.41. The summed E-state index contributed by atoms with van der Waals surface area (Å²) >= 11 is 0. The lowest BCUT2D eigenvalue weighted by atomic mass is 9.92. The van der Waals surface area contributed by atoms with Gasteiger partial charge in [0.25, 0.3) is 5.91 Å². The van der Waals surface area contributed by atoms with E-state index in [1.807, 2.05) is 20.8 Å². The Morgan fingerprint density at radius 1 is 1.24 bits per heavy atom. The molecule has 2 heterocycles. The van der Waals surface area contributed by atoms with Gasteiger partial charge in [0.15, 0.2) is 9.84 Å². The smallest absolute Gasteiger partial charge is 0.289 e. The van der Waals surface area contributed by atoms with Crippen molar-refractivity contribution < 1.29 is 22.5 Å². The summed E-state index contributed by atoms with van der Waals surface area (Å²) in [6.45, 7) is 10.1. The summed E-state index contributed by atoms with van der Waals surface area (Å²) in [6.07, 6.45) is 0.994. The van der Waals surface area contributed by atoms with E-state index in [4.69, 9.17) is 9.26 Å². The first-order valence-electron chi connectivity index (χ1n) is 8.52. The SMILES string of the molecule is CC(C)(C)c1cc(C(=O)NCC(C)(C)S(=O)(=O)C2CCOCC2)on1. The lowest BCUT2D eigenvalue weighted by Crippen LogP contribution is -2.49. The fourth-order valence-corrected chi connectivity index (χ4v) is 4.64. The number of hydrogen-bond acceptors (Lipinski definition) is 6. The predicted octanol–water partition coefficient (Wildman–Crippen LogP) is 2.07. The second-order valence-corrected chi connectivity index (χ2v) is 11.0. The average Bonchev–Trinajstić information content (AvgIpc) is 3.03. The van der Waals surface area contributed by atoms with Gasteiger partial charge in [-0.25, -0.2) is 8.42 Å². The third-order valence-electron chi connectivity index (χ3n) is 4.55. The lowest BCUT2D eigenvalue weighted by molar-refractivity contribution is 0.0911. The van der Waals surface area contributed by atoms with Gasteiger partial charge >= 0.3 is 0 Å². The van der Waals surface area contributed by atoms with Crippen molar-refractivity contribution in [3.8, 4) is 0 Å². The molecule has 142 valence electrons. The zero-order valence-corrected chi connectivity index (χ0v) is 16.4. The van der Waals surface area contributed by atoms with Crippen molar-refractivity contribution in [3.63, 3.8) is 0 Å². The molecular weight excluding hydrogens is 344 g/mol. The van der Waals surface area contributed by atoms with E-state index in [0.29, 0.717) is 31.7 Å². The molecule has 1 aliphatic rings. The Morgan fingerprint density at radius 3 is 2.36 bits per heavy atom. The molecule has 8 heteroatoms. The third-order valence-corrected chi connectivity index (χ3v) is 7.59. The summed E-state index contributed by atoms with van der Waals surface area (Å²) < 4.78 is 35.0. The normalized spacial score (nSPS) is 17.5. The summed E-state index contributed by atoms with van der Waals surface area (Å²) in [5.41, 5.74) is 0.444. The topological polar surface area (TPSA) is 98.5 Å². The van der Waals surface area contributed by atoms with Gasteiger partial charge in [-0.3, -0.25) is 4.79 Å². The fourth-order valence-electron chi connectivity index (χ4n) is 2.65. The molecule has 0 saturated carbocycles. The van der Waals surface area contributed by atoms with Crippen LogP contribution >= 0.6 is 0 Å². The molecule has 2 rings (SSSR count). The number of ether oxygens (including phenoxy) is 1. The van der Waals surface area contributed by atoms with Crippen molar-refractivity contribution in [3.05, 3.63) is 17.5 Å². The van der Waals surface area contributed by atoms with Gasteiger partial charge < -0.3 is 14.6 Å². The van der Waals surface area contributed by atoms with Gasteiger partial charge in [0.05, 0.1) is 15.7 Å². The summed E-state index contributed by atoms with van der Waals surface area (Å²) in [5.74, 6) is -0.373. The molecule has 1 fully saturated rings. The number of hydrogen-bond donors (Lipinski definition) is 1. The second kappa shape index (κ2) is 7.07. The predicted molar refractivity (Wildman–Crippen MR) is 94.4 cm³/mol. The molecule has 1 amide bonds. The van der Waals surface area contributed by atoms with Crippen molar-refractivity contribution in [2.24, 2.45) is 0 Å². The minimum absolute atomic E-state index is 0.0110. The van der Waals surface area contributed by atoms with Crippen molar-refractivity contribution >= 4 is 15.7 Å². The molecule has 1 aromatic heterocycles. The molecule has 25 heavy (non-hydrogen) atoms. The maximum atomic E-state index is 12.8. The van der Waals surface area contributed by atoms with Crippen LogP contribution in [-0.4, -0.2) is 49.2 Å². The molecule has 0 aliphatic carbocycles. The Morgan fingerprint density at radius 2 is 1.84 bits per heavy atom. The maximum Gasteiger partial charge on any atom is 0.289 e. The number of carbonyl (C=O) groups is 1. The van der Waals surface area contributed by atoms with Crippen LogP contribution in [0.15, 0.2) is 10.6 Å². The van der Waals surface area contributed by atoms with Gasteiger partial charge in [-0.05, 0) is 26.7 Å². The first kappa shape index (κ1) is 19.9. The quantitative estimate of drug-likeness (QED) is 0.849. The van der Waals surface area contributed by atoms with Gasteiger partial charge in [0.2, 0.25) is 5.76 Å². The van der Waals surface area contributed by atoms with Crippen LogP contribution in [0.5, 0.6) is 0 Å². The van der Waals surface area contributed by atoms with Gasteiger partial charge in [-0.15, -0.1) is 0 Å². The molecule has 1 aromatic rings. The van der Waals surface area contributed by atoms with E-state index in [2.05, 4.69) is 10.5 Å². The van der Waals surface area contributed by atoms with E-state index in [1.165, 1.54) is 0 Å². The molecule has 0 spiro atoms. The molecule has 0 unspecified atom stereocenters. The molecule has 7 nitrogen and oxygen atoms in total. The van der Waals surface area contributed by atoms with E-state index in [0.717, 1.165) is 0 Å². The standard InChI is InChI=1S/C17H28N2O5S/c1-16(2,3)14-10-13(24-19-14)15(20)18-11-17(4,5)25(21,22)12-6-8-23-9-7-12/h10,12H,6-9,11H2,1-5H3,(H,18,20). The molecule has 0 bridgehead atoms. The Hall–Kier alpha value is -1.41. The summed E-state index contributed by atoms with van der Waals surface area (Å²) in [5, 5.41) is 6.15. The maximum absolute atomic E-state index is 12.8. The third kappa shape index (κ3) is 4.41. The Labute approximate surface area is 149 Å². The number of carbonyl (C=O) groups excluding carboxylic acids is 1. The number of nitrogens with zero attached hydrogens (tertiary/aromatic N) is 1. The first-order valence-corrected chi connectivity index (χ1v) is 10.1. The van der Waals surface area contributed by atoms with Crippen molar-refractivity contribution in [1.29, 1.82) is 0 Å². The first-order chi connectivity index (χ1) is 11.4. The highest BCUT2D eigenvalue weighted by molar-refractivity contribution is 7.93.